The number of anilines is 1. The van der Waals surface area contributed by atoms with E-state index in [0.717, 1.165) is 4.90 Å². The van der Waals surface area contributed by atoms with Gasteiger partial charge in [0.2, 0.25) is 0 Å². The number of methoxy groups -OCH3 is 2. The average molecular weight is 363 g/mol. The van der Waals surface area contributed by atoms with Gasteiger partial charge >= 0.3 is 0 Å². The Kier molecular flexibility index (Phi) is 4.05. The van der Waals surface area contributed by atoms with Crippen molar-refractivity contribution in [1.82, 2.24) is 0 Å². The van der Waals surface area contributed by atoms with Crippen LogP contribution in [-0.4, -0.2) is 31.0 Å². The first-order valence-electron chi connectivity index (χ1n) is 6.98. The first-order valence-corrected chi connectivity index (χ1v) is 7.36. The van der Waals surface area contributed by atoms with Crippen LogP contribution in [0.3, 0.4) is 0 Å². The van der Waals surface area contributed by atoms with Gasteiger partial charge in [-0.15, -0.1) is 0 Å². The standard InChI is InChI=1S/C16H11ClN2O6/c1-24-12-7-11(13(25-2)6-9(12)17)18-15(20)8-4-3-5-10(19(22)23)14(8)16(18)21/h3-7H,1-2H3. The van der Waals surface area contributed by atoms with E-state index in [9.17, 15) is 19.7 Å². The SMILES string of the molecule is COc1cc(N2C(=O)c3cccc([N+](=O)[O-])c3C2=O)c(OC)cc1Cl. The Morgan fingerprint density at radius 1 is 1.08 bits per heavy atom. The molecular formula is C16H11ClN2O6. The lowest BCUT2D eigenvalue weighted by Gasteiger charge is -2.18. The predicted molar refractivity (Wildman–Crippen MR) is 88.8 cm³/mol. The van der Waals surface area contributed by atoms with Gasteiger partial charge in [-0.25, -0.2) is 4.90 Å². The van der Waals surface area contributed by atoms with E-state index >= 15 is 0 Å². The van der Waals surface area contributed by atoms with Crippen molar-refractivity contribution in [2.24, 2.45) is 0 Å². The molecular weight excluding hydrogens is 352 g/mol. The maximum absolute atomic E-state index is 12.8. The Labute approximate surface area is 146 Å². The number of ether oxygens (including phenoxy) is 2. The number of rotatable bonds is 4. The summed E-state index contributed by atoms with van der Waals surface area (Å²) in [7, 11) is 2.73. The van der Waals surface area contributed by atoms with Crippen LogP contribution in [0.15, 0.2) is 30.3 Å². The fourth-order valence-electron chi connectivity index (χ4n) is 2.66. The maximum atomic E-state index is 12.8. The van der Waals surface area contributed by atoms with Crippen LogP contribution in [0.2, 0.25) is 5.02 Å². The van der Waals surface area contributed by atoms with Crippen molar-refractivity contribution < 1.29 is 24.0 Å². The minimum Gasteiger partial charge on any atom is -0.495 e. The molecule has 0 atom stereocenters. The first kappa shape index (κ1) is 16.7. The minimum atomic E-state index is -0.810. The molecule has 0 saturated carbocycles. The topological polar surface area (TPSA) is 99.0 Å². The van der Waals surface area contributed by atoms with Crippen molar-refractivity contribution in [2.75, 3.05) is 19.1 Å². The van der Waals surface area contributed by atoms with Crippen LogP contribution in [-0.2, 0) is 0 Å². The number of hydrogen-bond acceptors (Lipinski definition) is 6. The zero-order valence-corrected chi connectivity index (χ0v) is 13.9. The molecule has 0 saturated heterocycles. The van der Waals surface area contributed by atoms with Crippen LogP contribution in [0.25, 0.3) is 0 Å². The van der Waals surface area contributed by atoms with Crippen LogP contribution in [0.1, 0.15) is 20.7 Å². The van der Waals surface area contributed by atoms with Gasteiger partial charge in [0, 0.05) is 18.2 Å². The van der Waals surface area contributed by atoms with Gasteiger partial charge in [-0.2, -0.15) is 0 Å². The van der Waals surface area contributed by atoms with E-state index in [2.05, 4.69) is 0 Å². The Balaban J connectivity index is 2.21. The molecule has 0 N–H and O–H groups in total. The van der Waals surface area contributed by atoms with Gasteiger partial charge in [0.15, 0.2) is 0 Å². The number of imide groups is 1. The Hall–Kier alpha value is -3.13. The third-order valence-corrected chi connectivity index (χ3v) is 4.08. The van der Waals surface area contributed by atoms with Gasteiger partial charge < -0.3 is 9.47 Å². The Bertz CT molecular complexity index is 927. The molecule has 0 unspecified atom stereocenters. The molecule has 0 fully saturated rings. The van der Waals surface area contributed by atoms with Crippen LogP contribution < -0.4 is 14.4 Å². The third-order valence-electron chi connectivity index (χ3n) is 3.78. The molecule has 2 amide bonds. The third kappa shape index (κ3) is 2.47. The quantitative estimate of drug-likeness (QED) is 0.471. The number of benzene rings is 2. The number of fused-ring (bicyclic) bond motifs is 1. The monoisotopic (exact) mass is 362 g/mol. The molecule has 8 nitrogen and oxygen atoms in total. The molecule has 0 aliphatic carbocycles. The summed E-state index contributed by atoms with van der Waals surface area (Å²) in [5.74, 6) is -1.12. The van der Waals surface area contributed by atoms with Crippen LogP contribution in [0, 0.1) is 10.1 Å². The molecule has 0 radical (unpaired) electrons. The van der Waals surface area contributed by atoms with Crippen molar-refractivity contribution in [3.8, 4) is 11.5 Å². The Morgan fingerprint density at radius 2 is 1.76 bits per heavy atom. The van der Waals surface area contributed by atoms with Gasteiger partial charge in [0.1, 0.15) is 17.1 Å². The van der Waals surface area contributed by atoms with Crippen molar-refractivity contribution >= 4 is 34.8 Å². The molecule has 1 heterocycles. The lowest BCUT2D eigenvalue weighted by Crippen LogP contribution is -2.30. The zero-order chi connectivity index (χ0) is 18.3. The molecule has 0 aromatic heterocycles. The van der Waals surface area contributed by atoms with E-state index in [-0.39, 0.29) is 33.3 Å². The van der Waals surface area contributed by atoms with Crippen molar-refractivity contribution in [3.63, 3.8) is 0 Å². The second-order valence-electron chi connectivity index (χ2n) is 5.06. The summed E-state index contributed by atoms with van der Waals surface area (Å²) in [6.45, 7) is 0. The highest BCUT2D eigenvalue weighted by atomic mass is 35.5. The largest absolute Gasteiger partial charge is 0.495 e. The number of hydrogen-bond donors (Lipinski definition) is 0. The highest BCUT2D eigenvalue weighted by Gasteiger charge is 2.43. The fourth-order valence-corrected chi connectivity index (χ4v) is 2.89. The van der Waals surface area contributed by atoms with E-state index in [1.165, 1.54) is 44.6 Å². The van der Waals surface area contributed by atoms with Gasteiger partial charge in [-0.05, 0) is 6.07 Å². The highest BCUT2D eigenvalue weighted by molar-refractivity contribution is 6.37. The number of nitro benzene ring substituents is 1. The molecule has 128 valence electrons. The highest BCUT2D eigenvalue weighted by Crippen LogP contribution is 2.42. The number of amides is 2. The molecule has 2 aromatic rings. The van der Waals surface area contributed by atoms with E-state index in [4.69, 9.17) is 21.1 Å². The van der Waals surface area contributed by atoms with Crippen molar-refractivity contribution in [3.05, 3.63) is 56.6 Å². The van der Waals surface area contributed by atoms with Gasteiger partial charge in [0.05, 0.1) is 35.4 Å². The smallest absolute Gasteiger partial charge is 0.283 e. The molecule has 1 aliphatic heterocycles. The summed E-state index contributed by atoms with van der Waals surface area (Å²) in [6.07, 6.45) is 0. The van der Waals surface area contributed by atoms with Gasteiger partial charge in [-0.1, -0.05) is 17.7 Å². The van der Waals surface area contributed by atoms with Crippen LogP contribution >= 0.6 is 11.6 Å². The van der Waals surface area contributed by atoms with E-state index < -0.39 is 22.4 Å². The Morgan fingerprint density at radius 3 is 2.36 bits per heavy atom. The van der Waals surface area contributed by atoms with Gasteiger partial charge in [0.25, 0.3) is 17.5 Å². The summed E-state index contributed by atoms with van der Waals surface area (Å²) in [4.78, 5) is 36.7. The molecule has 0 bridgehead atoms. The molecule has 25 heavy (non-hydrogen) atoms. The first-order chi connectivity index (χ1) is 11.9. The number of halogens is 1. The van der Waals surface area contributed by atoms with Crippen molar-refractivity contribution in [1.29, 1.82) is 0 Å². The average Bonchev–Trinajstić information content (AvgIpc) is 2.85. The zero-order valence-electron chi connectivity index (χ0n) is 13.1. The number of nitro groups is 1. The van der Waals surface area contributed by atoms with Crippen LogP contribution in [0.5, 0.6) is 11.5 Å². The molecule has 0 spiro atoms. The maximum Gasteiger partial charge on any atom is 0.283 e. The summed E-state index contributed by atoms with van der Waals surface area (Å²) in [6, 6.07) is 6.66. The van der Waals surface area contributed by atoms with E-state index in [1.807, 2.05) is 0 Å². The predicted octanol–water partition coefficient (Wildman–Crippen LogP) is 3.07. The van der Waals surface area contributed by atoms with Crippen LogP contribution in [0.4, 0.5) is 11.4 Å². The fraction of sp³-hybridized carbons (Fsp3) is 0.125. The van der Waals surface area contributed by atoms with E-state index in [0.29, 0.717) is 0 Å². The summed E-state index contributed by atoms with van der Waals surface area (Å²) in [5.41, 5.74) is -0.647. The second kappa shape index (κ2) is 6.06. The molecule has 3 rings (SSSR count). The number of carbonyl (C=O) groups excluding carboxylic acids is 2. The number of carbonyl (C=O) groups is 2. The van der Waals surface area contributed by atoms with Crippen molar-refractivity contribution in [2.45, 2.75) is 0 Å². The lowest BCUT2D eigenvalue weighted by atomic mass is 10.1. The minimum absolute atomic E-state index is 0.0461. The molecule has 9 heteroatoms. The summed E-state index contributed by atoms with van der Waals surface area (Å²) >= 11 is 6.03. The van der Waals surface area contributed by atoms with Gasteiger partial charge in [-0.3, -0.25) is 19.7 Å². The second-order valence-corrected chi connectivity index (χ2v) is 5.47. The number of nitrogens with zero attached hydrogens (tertiary/aromatic N) is 2. The van der Waals surface area contributed by atoms with E-state index in [1.54, 1.807) is 0 Å². The molecule has 1 aliphatic rings. The molecule has 2 aromatic carbocycles. The summed E-state index contributed by atoms with van der Waals surface area (Å²) in [5, 5.41) is 11.4. The lowest BCUT2D eigenvalue weighted by molar-refractivity contribution is -0.385. The normalized spacial score (nSPS) is 13.0. The summed E-state index contributed by atoms with van der Waals surface area (Å²) < 4.78 is 10.3.